The van der Waals surface area contributed by atoms with Gasteiger partial charge in [-0.15, -0.1) is 0 Å². The number of carbonyl (C=O) groups is 4. The van der Waals surface area contributed by atoms with E-state index in [0.29, 0.717) is 88.5 Å². The summed E-state index contributed by atoms with van der Waals surface area (Å²) in [6.45, 7) is 25.2. The van der Waals surface area contributed by atoms with Gasteiger partial charge < -0.3 is 51.5 Å². The number of nitrogen functional groups attached to an aromatic ring is 1. The van der Waals surface area contributed by atoms with Gasteiger partial charge in [-0.25, -0.2) is 4.98 Å². The van der Waals surface area contributed by atoms with Crippen LogP contribution in [0, 0.1) is 6.92 Å². The number of nitrogens with two attached hydrogens (primary N) is 3. The van der Waals surface area contributed by atoms with Gasteiger partial charge in [-0.1, -0.05) is 63.8 Å². The molecule has 0 radical (unpaired) electrons. The summed E-state index contributed by atoms with van der Waals surface area (Å²) < 4.78 is 21.3. The van der Waals surface area contributed by atoms with Gasteiger partial charge in [0.1, 0.15) is 40.0 Å². The number of fused-ring (bicyclic) bond motifs is 1. The van der Waals surface area contributed by atoms with E-state index in [9.17, 15) is 24.0 Å². The molecule has 3 amide bonds. The first-order chi connectivity index (χ1) is 42.5. The fourth-order valence-corrected chi connectivity index (χ4v) is 10.7. The van der Waals surface area contributed by atoms with Gasteiger partial charge in [-0.3, -0.25) is 47.8 Å². The second kappa shape index (κ2) is 33.4. The number of hydrogen-bond donors (Lipinski definition) is 5. The Bertz CT molecular complexity index is 3600. The topological polar surface area (TPSA) is 298 Å². The van der Waals surface area contributed by atoms with E-state index in [4.69, 9.17) is 48.0 Å². The van der Waals surface area contributed by atoms with E-state index < -0.39 is 17.1 Å². The van der Waals surface area contributed by atoms with Gasteiger partial charge in [0.25, 0.3) is 28.5 Å². The summed E-state index contributed by atoms with van der Waals surface area (Å²) in [7, 11) is 9.39. The van der Waals surface area contributed by atoms with Crippen LogP contribution >= 0.6 is 11.6 Å². The molecular weight excluding hydrogens is 1160 g/mol. The summed E-state index contributed by atoms with van der Waals surface area (Å²) in [4.78, 5) is 77.5. The number of ether oxygens (including phenoxy) is 3. The molecule has 2 saturated heterocycles. The van der Waals surface area contributed by atoms with Gasteiger partial charge in [0.2, 0.25) is 0 Å². The standard InChI is InChI=1S/C23H34N6O3.C23H32N6O2.C10H11ClO2.C8H14N4O/c1-5-7-18-20(21(22(24)30)28(4)26-18)25-23(31)17-14-16(8-9-19(17)32-6-2)15-29-12-10-27(3)11-13-29;1-5-7-18-20-21(28(4)26-18)23(30)25-22(24-20)17-14-16(8-9-19(17)31-6-2)15-29-12-10-27(3)11-13-29;1-3-13-9-5-4-7(2)6-8(9)10(11)12;1-3-4-5-6(9)7(8(10)13)12(2)11-5/h8-9,14H,5-7,10-13,15H2,1-4H3,(H2,24,30)(H,25,31);8-9,14H,5-7,10-13,15H2,1-4H3,(H,24,25,30);4-6H,3H2,1-2H3;3-4,9H2,1-2H3,(H2,10,13). The number of amides is 3. The summed E-state index contributed by atoms with van der Waals surface area (Å²) in [5, 5.41) is 15.4. The summed E-state index contributed by atoms with van der Waals surface area (Å²) in [6, 6.07) is 17.3. The van der Waals surface area contributed by atoms with Crippen LogP contribution in [0.15, 0.2) is 59.4 Å². The highest BCUT2D eigenvalue weighted by molar-refractivity contribution is 6.68. The van der Waals surface area contributed by atoms with E-state index in [1.807, 2.05) is 71.9 Å². The molecule has 9 rings (SSSR count). The van der Waals surface area contributed by atoms with Crippen molar-refractivity contribution in [2.45, 2.75) is 100 Å². The third-order valence-electron chi connectivity index (χ3n) is 15.0. The molecule has 0 aliphatic carbocycles. The maximum atomic E-state index is 13.3. The van der Waals surface area contributed by atoms with Crippen molar-refractivity contribution in [2.24, 2.45) is 32.6 Å². The van der Waals surface area contributed by atoms with Crippen molar-refractivity contribution in [3.8, 4) is 28.6 Å². The number of aromatic amines is 1. The van der Waals surface area contributed by atoms with Crippen LogP contribution < -0.4 is 42.3 Å². The van der Waals surface area contributed by atoms with Crippen LogP contribution in [0.25, 0.3) is 22.4 Å². The summed E-state index contributed by atoms with van der Waals surface area (Å²) in [6.07, 6.45) is 4.89. The summed E-state index contributed by atoms with van der Waals surface area (Å²) in [5.74, 6) is 0.809. The van der Waals surface area contributed by atoms with Gasteiger partial charge >= 0.3 is 0 Å². The number of aryl methyl sites for hydroxylation is 7. The Morgan fingerprint density at radius 2 is 1.07 bits per heavy atom. The number of hydrogen-bond acceptors (Lipinski definition) is 17. The van der Waals surface area contributed by atoms with E-state index in [-0.39, 0.29) is 17.2 Å². The fourth-order valence-electron chi connectivity index (χ4n) is 10.6. The molecule has 0 unspecified atom stereocenters. The van der Waals surface area contributed by atoms with Crippen molar-refractivity contribution in [2.75, 3.05) is 97.3 Å². The van der Waals surface area contributed by atoms with Crippen LogP contribution in [-0.4, -0.2) is 168 Å². The van der Waals surface area contributed by atoms with Crippen LogP contribution in [0.5, 0.6) is 17.2 Å². The highest BCUT2D eigenvalue weighted by atomic mass is 35.5. The Morgan fingerprint density at radius 1 is 0.596 bits per heavy atom. The number of piperazine rings is 2. The second-order valence-corrected chi connectivity index (χ2v) is 22.5. The number of anilines is 2. The van der Waals surface area contributed by atoms with E-state index in [0.717, 1.165) is 131 Å². The molecule has 4 aromatic heterocycles. The first-order valence-electron chi connectivity index (χ1n) is 30.6. The minimum absolute atomic E-state index is 0.177. The molecule has 0 atom stereocenters. The van der Waals surface area contributed by atoms with Gasteiger partial charge in [0.05, 0.1) is 65.0 Å². The molecule has 482 valence electrons. The zero-order valence-corrected chi connectivity index (χ0v) is 54.7. The number of carbonyl (C=O) groups excluding carboxylic acids is 4. The molecule has 8 N–H and O–H groups in total. The zero-order chi connectivity index (χ0) is 65.1. The van der Waals surface area contributed by atoms with E-state index >= 15 is 0 Å². The van der Waals surface area contributed by atoms with Crippen molar-refractivity contribution in [1.82, 2.24) is 58.9 Å². The lowest BCUT2D eigenvalue weighted by molar-refractivity contribution is 0.0982. The number of likely N-dealkylation sites (N-methyl/N-ethyl adjacent to an activating group) is 2. The Labute approximate surface area is 526 Å². The Balaban J connectivity index is 0.000000205. The molecule has 2 fully saturated rings. The first kappa shape index (κ1) is 69.9. The van der Waals surface area contributed by atoms with Gasteiger partial charge in [0.15, 0.2) is 5.52 Å². The Morgan fingerprint density at radius 3 is 1.60 bits per heavy atom. The zero-order valence-electron chi connectivity index (χ0n) is 53.9. The van der Waals surface area contributed by atoms with Crippen LogP contribution in [0.2, 0.25) is 0 Å². The quantitative estimate of drug-likeness (QED) is 0.0422. The van der Waals surface area contributed by atoms with Crippen LogP contribution in [-0.2, 0) is 53.5 Å². The van der Waals surface area contributed by atoms with Gasteiger partial charge in [0, 0.05) is 86.6 Å². The molecule has 0 saturated carbocycles. The van der Waals surface area contributed by atoms with Gasteiger partial charge in [-0.2, -0.15) is 15.3 Å². The number of H-pyrrole nitrogens is 1. The molecule has 2 aliphatic heterocycles. The van der Waals surface area contributed by atoms with E-state index in [1.165, 1.54) is 14.9 Å². The highest BCUT2D eigenvalue weighted by Crippen LogP contribution is 2.32. The minimum atomic E-state index is -0.633. The number of nitrogens with one attached hydrogen (secondary N) is 2. The van der Waals surface area contributed by atoms with Crippen LogP contribution in [0.4, 0.5) is 11.4 Å². The van der Waals surface area contributed by atoms with Crippen molar-refractivity contribution in [3.63, 3.8) is 0 Å². The number of rotatable bonds is 22. The summed E-state index contributed by atoms with van der Waals surface area (Å²) in [5.41, 5.74) is 25.9. The average Bonchev–Trinajstić information content (AvgIpc) is 2.29. The van der Waals surface area contributed by atoms with Gasteiger partial charge in [-0.05, 0) is 120 Å². The molecule has 6 heterocycles. The molecule has 25 heteroatoms. The summed E-state index contributed by atoms with van der Waals surface area (Å²) >= 11 is 5.40. The first-order valence-corrected chi connectivity index (χ1v) is 30.9. The largest absolute Gasteiger partial charge is 0.493 e. The number of benzene rings is 3. The normalized spacial score (nSPS) is 13.8. The predicted molar refractivity (Wildman–Crippen MR) is 349 cm³/mol. The minimum Gasteiger partial charge on any atom is -0.493 e. The maximum Gasteiger partial charge on any atom is 0.277 e. The van der Waals surface area contributed by atoms with Crippen molar-refractivity contribution < 1.29 is 33.4 Å². The number of halogens is 1. The van der Waals surface area contributed by atoms with Crippen LogP contribution in [0.3, 0.4) is 0 Å². The molecule has 89 heavy (non-hydrogen) atoms. The molecule has 0 bridgehead atoms. The lowest BCUT2D eigenvalue weighted by atomic mass is 10.1. The lowest BCUT2D eigenvalue weighted by Crippen LogP contribution is -2.43. The van der Waals surface area contributed by atoms with E-state index in [2.05, 4.69) is 78.3 Å². The Hall–Kier alpha value is -8.16. The Kier molecular flexibility index (Phi) is 26.3. The van der Waals surface area contributed by atoms with Crippen molar-refractivity contribution in [3.05, 3.63) is 121 Å². The molecule has 7 aromatic rings. The predicted octanol–water partition coefficient (Wildman–Crippen LogP) is 7.12. The molecule has 0 spiro atoms. The smallest absolute Gasteiger partial charge is 0.277 e. The maximum absolute atomic E-state index is 13.3. The van der Waals surface area contributed by atoms with E-state index in [1.54, 1.807) is 38.0 Å². The second-order valence-electron chi connectivity index (χ2n) is 22.1. The molecule has 3 aromatic carbocycles. The SMILES string of the molecule is CCCc1nn(C)c(C(N)=O)c1N.CCCc1nn(C)c(C(N)=O)c1NC(=O)c1cc(CN2CCN(C)CC2)ccc1OCC.CCCc1nn(C)c2c(=O)[nH]c(-c3cc(CN4CCN(C)CC4)ccc3OCC)nc12.CCOc1ccc(C)cc1C(=O)Cl. The number of nitrogens with zero attached hydrogens (tertiary/aromatic N) is 11. The number of primary amides is 2. The van der Waals surface area contributed by atoms with Crippen molar-refractivity contribution in [1.29, 1.82) is 0 Å². The van der Waals surface area contributed by atoms with Crippen LogP contribution in [0.1, 0.15) is 136 Å². The number of aromatic nitrogens is 8. The molecule has 24 nitrogen and oxygen atoms in total. The fraction of sp³-hybridized carbons (Fsp3) is 0.484. The monoisotopic (exact) mass is 1250 g/mol. The van der Waals surface area contributed by atoms with Crippen molar-refractivity contribution >= 4 is 57.0 Å². The average molecular weight is 1250 g/mol. The molecular formula is C64H91ClN16O8. The third kappa shape index (κ3) is 18.7. The highest BCUT2D eigenvalue weighted by Gasteiger charge is 2.26. The molecule has 2 aliphatic rings. The third-order valence-corrected chi connectivity index (χ3v) is 15.3. The lowest BCUT2D eigenvalue weighted by Gasteiger charge is -2.32.